The first-order valence-corrected chi connectivity index (χ1v) is 7.33. The summed E-state index contributed by atoms with van der Waals surface area (Å²) in [5, 5.41) is 7.68. The fourth-order valence-electron chi connectivity index (χ4n) is 2.21. The van der Waals surface area contributed by atoms with Crippen LogP contribution in [0.2, 0.25) is 0 Å². The summed E-state index contributed by atoms with van der Waals surface area (Å²) < 4.78 is 1.69. The number of hydrogen-bond acceptors (Lipinski definition) is 5. The molecule has 1 amide bonds. The third kappa shape index (κ3) is 2.46. The molecule has 0 bridgehead atoms. The van der Waals surface area contributed by atoms with E-state index in [0.717, 1.165) is 30.9 Å². The van der Waals surface area contributed by atoms with E-state index in [1.807, 2.05) is 14.0 Å². The third-order valence-electron chi connectivity index (χ3n) is 3.49. The predicted molar refractivity (Wildman–Crippen MR) is 78.1 cm³/mol. The number of nitrogens with one attached hydrogen (secondary N) is 1. The highest BCUT2D eigenvalue weighted by Gasteiger charge is 2.20. The van der Waals surface area contributed by atoms with Gasteiger partial charge in [0.15, 0.2) is 10.8 Å². The van der Waals surface area contributed by atoms with Gasteiger partial charge in [-0.1, -0.05) is 0 Å². The Labute approximate surface area is 121 Å². The van der Waals surface area contributed by atoms with E-state index >= 15 is 0 Å². The van der Waals surface area contributed by atoms with Crippen molar-refractivity contribution in [2.75, 3.05) is 18.9 Å². The third-order valence-corrected chi connectivity index (χ3v) is 4.49. The number of aromatic nitrogens is 3. The van der Waals surface area contributed by atoms with E-state index in [1.54, 1.807) is 22.1 Å². The molecule has 0 fully saturated rings. The molecule has 0 aromatic carbocycles. The molecule has 106 valence electrons. The van der Waals surface area contributed by atoms with Gasteiger partial charge in [-0.2, -0.15) is 5.10 Å². The molecule has 3 heterocycles. The summed E-state index contributed by atoms with van der Waals surface area (Å²) in [6, 6.07) is 1.77. The Bertz CT molecular complexity index is 640. The summed E-state index contributed by atoms with van der Waals surface area (Å²) in [5.41, 5.74) is 2.49. The molecule has 7 heteroatoms. The molecule has 0 aliphatic carbocycles. The van der Waals surface area contributed by atoms with Crippen molar-refractivity contribution < 1.29 is 4.79 Å². The van der Waals surface area contributed by atoms with E-state index in [2.05, 4.69) is 27.3 Å². The van der Waals surface area contributed by atoms with E-state index < -0.39 is 0 Å². The van der Waals surface area contributed by atoms with E-state index in [1.165, 1.54) is 4.88 Å². The molecule has 0 spiro atoms. The van der Waals surface area contributed by atoms with Crippen LogP contribution in [0.15, 0.2) is 6.07 Å². The molecule has 2 aromatic rings. The van der Waals surface area contributed by atoms with Crippen LogP contribution < -0.4 is 5.32 Å². The number of nitrogens with zero attached hydrogens (tertiary/aromatic N) is 4. The second kappa shape index (κ2) is 4.99. The molecule has 3 rings (SSSR count). The summed E-state index contributed by atoms with van der Waals surface area (Å²) in [4.78, 5) is 20.1. The number of carbonyl (C=O) groups excluding carboxylic acids is 1. The van der Waals surface area contributed by atoms with Crippen molar-refractivity contribution in [3.05, 3.63) is 28.0 Å². The van der Waals surface area contributed by atoms with Gasteiger partial charge in [0.25, 0.3) is 5.91 Å². The molecule has 1 aliphatic rings. The fourth-order valence-corrected chi connectivity index (χ4v) is 3.29. The molecule has 1 aliphatic heterocycles. The second-order valence-corrected chi connectivity index (χ2v) is 6.21. The van der Waals surface area contributed by atoms with Gasteiger partial charge in [-0.25, -0.2) is 4.98 Å². The number of aryl methyl sites for hydroxylation is 2. The number of carbonyl (C=O) groups is 1. The molecule has 6 nitrogen and oxygen atoms in total. The minimum absolute atomic E-state index is 0.201. The molecule has 0 saturated heterocycles. The Balaban J connectivity index is 1.76. The monoisotopic (exact) mass is 291 g/mol. The summed E-state index contributed by atoms with van der Waals surface area (Å²) in [5.74, 6) is -0.201. The van der Waals surface area contributed by atoms with Gasteiger partial charge in [0, 0.05) is 37.1 Å². The minimum atomic E-state index is -0.201. The Hall–Kier alpha value is -1.73. The second-order valence-electron chi connectivity index (χ2n) is 5.13. The molecular formula is C13H17N5OS. The Kier molecular flexibility index (Phi) is 3.31. The Morgan fingerprint density at radius 3 is 2.95 bits per heavy atom. The van der Waals surface area contributed by atoms with Gasteiger partial charge in [0.1, 0.15) is 0 Å². The highest BCUT2D eigenvalue weighted by atomic mass is 32.1. The van der Waals surface area contributed by atoms with Crippen molar-refractivity contribution in [2.45, 2.75) is 19.9 Å². The van der Waals surface area contributed by atoms with E-state index in [0.29, 0.717) is 10.8 Å². The standard InChI is InChI=1S/C13H17N5OS/c1-8-6-10(16-18(8)3)12(19)15-13-14-9-4-5-17(2)7-11(9)20-13/h6H,4-5,7H2,1-3H3,(H,14,15,19). The van der Waals surface area contributed by atoms with Crippen LogP contribution in [0.4, 0.5) is 5.13 Å². The largest absolute Gasteiger partial charge is 0.301 e. The van der Waals surface area contributed by atoms with E-state index in [9.17, 15) is 4.79 Å². The number of anilines is 1. The van der Waals surface area contributed by atoms with Gasteiger partial charge in [0.2, 0.25) is 0 Å². The molecule has 0 saturated carbocycles. The molecule has 2 aromatic heterocycles. The lowest BCUT2D eigenvalue weighted by molar-refractivity contribution is 0.102. The smallest absolute Gasteiger partial charge is 0.277 e. The topological polar surface area (TPSA) is 63.1 Å². The van der Waals surface area contributed by atoms with Gasteiger partial charge in [0.05, 0.1) is 5.69 Å². The summed E-state index contributed by atoms with van der Waals surface area (Å²) >= 11 is 1.55. The number of likely N-dealkylation sites (N-methyl/N-ethyl adjacent to an activating group) is 1. The first-order valence-electron chi connectivity index (χ1n) is 6.52. The summed E-state index contributed by atoms with van der Waals surface area (Å²) in [6.07, 6.45) is 0.945. The maximum atomic E-state index is 12.1. The molecule has 0 atom stereocenters. The highest BCUT2D eigenvalue weighted by Crippen LogP contribution is 2.27. The maximum Gasteiger partial charge on any atom is 0.277 e. The highest BCUT2D eigenvalue weighted by molar-refractivity contribution is 7.15. The predicted octanol–water partition coefficient (Wildman–Crippen LogP) is 1.43. The Morgan fingerprint density at radius 2 is 2.25 bits per heavy atom. The number of hydrogen-bond donors (Lipinski definition) is 1. The zero-order chi connectivity index (χ0) is 14.3. The zero-order valence-corrected chi connectivity index (χ0v) is 12.6. The molecule has 0 unspecified atom stereocenters. The van der Waals surface area contributed by atoms with Crippen LogP contribution in [0.3, 0.4) is 0 Å². The average molecular weight is 291 g/mol. The first kappa shape index (κ1) is 13.3. The van der Waals surface area contributed by atoms with Crippen LogP contribution >= 0.6 is 11.3 Å². The van der Waals surface area contributed by atoms with Gasteiger partial charge >= 0.3 is 0 Å². The van der Waals surface area contributed by atoms with Crippen molar-refractivity contribution in [1.29, 1.82) is 0 Å². The van der Waals surface area contributed by atoms with Gasteiger partial charge in [-0.15, -0.1) is 11.3 Å². The Morgan fingerprint density at radius 1 is 1.45 bits per heavy atom. The van der Waals surface area contributed by atoms with Crippen molar-refractivity contribution >= 4 is 22.4 Å². The molecule has 0 radical (unpaired) electrons. The van der Waals surface area contributed by atoms with E-state index in [4.69, 9.17) is 0 Å². The normalized spacial score (nSPS) is 15.2. The van der Waals surface area contributed by atoms with Crippen LogP contribution in [0.1, 0.15) is 26.8 Å². The van der Waals surface area contributed by atoms with Crippen LogP contribution in [0, 0.1) is 6.92 Å². The van der Waals surface area contributed by atoms with Crippen molar-refractivity contribution in [2.24, 2.45) is 7.05 Å². The van der Waals surface area contributed by atoms with Crippen LogP contribution in [-0.2, 0) is 20.0 Å². The van der Waals surface area contributed by atoms with E-state index in [-0.39, 0.29) is 5.91 Å². The SMILES string of the molecule is Cc1cc(C(=O)Nc2nc3c(s2)CN(C)CC3)nn1C. The number of rotatable bonds is 2. The van der Waals surface area contributed by atoms with Gasteiger partial charge in [-0.3, -0.25) is 14.8 Å². The maximum absolute atomic E-state index is 12.1. The lowest BCUT2D eigenvalue weighted by atomic mass is 10.2. The average Bonchev–Trinajstić information content (AvgIpc) is 2.93. The quantitative estimate of drug-likeness (QED) is 0.909. The van der Waals surface area contributed by atoms with Gasteiger partial charge in [-0.05, 0) is 20.0 Å². The molecule has 20 heavy (non-hydrogen) atoms. The first-order chi connectivity index (χ1) is 9.52. The lowest BCUT2D eigenvalue weighted by Crippen LogP contribution is -2.25. The van der Waals surface area contributed by atoms with Crippen molar-refractivity contribution in [1.82, 2.24) is 19.7 Å². The lowest BCUT2D eigenvalue weighted by Gasteiger charge is -2.20. The van der Waals surface area contributed by atoms with Crippen LogP contribution in [0.25, 0.3) is 0 Å². The van der Waals surface area contributed by atoms with Gasteiger partial charge < -0.3 is 4.90 Å². The fraction of sp³-hybridized carbons (Fsp3) is 0.462. The minimum Gasteiger partial charge on any atom is -0.301 e. The number of thiazole rings is 1. The molecule has 1 N–H and O–H groups in total. The molecular weight excluding hydrogens is 274 g/mol. The van der Waals surface area contributed by atoms with Crippen molar-refractivity contribution in [3.63, 3.8) is 0 Å². The number of fused-ring (bicyclic) bond motifs is 1. The van der Waals surface area contributed by atoms with Crippen molar-refractivity contribution in [3.8, 4) is 0 Å². The zero-order valence-electron chi connectivity index (χ0n) is 11.8. The summed E-state index contributed by atoms with van der Waals surface area (Å²) in [6.45, 7) is 3.84. The van der Waals surface area contributed by atoms with Crippen LogP contribution in [0.5, 0.6) is 0 Å². The van der Waals surface area contributed by atoms with Crippen LogP contribution in [-0.4, -0.2) is 39.2 Å². The number of amides is 1. The summed E-state index contributed by atoms with van der Waals surface area (Å²) in [7, 11) is 3.92.